The Bertz CT molecular complexity index is 337. The highest BCUT2D eigenvalue weighted by molar-refractivity contribution is 7.10. The fraction of sp³-hybridized carbons (Fsp3) is 0.500. The number of carbonyl (C=O) groups excluding carboxylic acids is 1. The van der Waals surface area contributed by atoms with Gasteiger partial charge in [0.05, 0.1) is 12.6 Å². The molecule has 0 unspecified atom stereocenters. The van der Waals surface area contributed by atoms with Crippen LogP contribution in [-0.2, 0) is 4.79 Å². The molecule has 3 N–H and O–H groups in total. The maximum absolute atomic E-state index is 10.8. The molecule has 0 bridgehead atoms. The number of aryl methyl sites for hydroxylation is 1. The van der Waals surface area contributed by atoms with Crippen molar-refractivity contribution in [2.24, 2.45) is 0 Å². The van der Waals surface area contributed by atoms with E-state index >= 15 is 0 Å². The van der Waals surface area contributed by atoms with Gasteiger partial charge in [0.15, 0.2) is 0 Å². The van der Waals surface area contributed by atoms with Crippen LogP contribution in [0.15, 0.2) is 11.4 Å². The van der Waals surface area contributed by atoms with Crippen LogP contribution in [0.2, 0.25) is 0 Å². The number of hydrogen-bond donors (Lipinski definition) is 3. The van der Waals surface area contributed by atoms with E-state index in [1.165, 1.54) is 18.3 Å². The molecular weight excluding hydrogens is 214 g/mol. The van der Waals surface area contributed by atoms with Crippen molar-refractivity contribution >= 4 is 17.2 Å². The summed E-state index contributed by atoms with van der Waals surface area (Å²) >= 11 is 1.42. The number of aliphatic hydroxyl groups excluding tert-OH is 2. The van der Waals surface area contributed by atoms with Crippen molar-refractivity contribution in [2.45, 2.75) is 26.0 Å². The van der Waals surface area contributed by atoms with Gasteiger partial charge in [0.1, 0.15) is 6.10 Å². The Labute approximate surface area is 92.6 Å². The molecular formula is C10H15NO3S. The predicted molar refractivity (Wildman–Crippen MR) is 58.7 cm³/mol. The van der Waals surface area contributed by atoms with E-state index in [0.29, 0.717) is 0 Å². The van der Waals surface area contributed by atoms with Crippen LogP contribution in [0.3, 0.4) is 0 Å². The quantitative estimate of drug-likeness (QED) is 0.707. The Morgan fingerprint density at radius 3 is 2.73 bits per heavy atom. The lowest BCUT2D eigenvalue weighted by Gasteiger charge is -2.20. The van der Waals surface area contributed by atoms with E-state index < -0.39 is 12.1 Å². The molecule has 0 saturated carbocycles. The van der Waals surface area contributed by atoms with Gasteiger partial charge < -0.3 is 15.5 Å². The molecule has 0 aromatic carbocycles. The lowest BCUT2D eigenvalue weighted by molar-refractivity contribution is -0.121. The Kier molecular flexibility index (Phi) is 4.26. The Morgan fingerprint density at radius 2 is 2.33 bits per heavy atom. The molecule has 4 nitrogen and oxygen atoms in total. The second kappa shape index (κ2) is 5.25. The van der Waals surface area contributed by atoms with Gasteiger partial charge in [0.2, 0.25) is 5.91 Å². The van der Waals surface area contributed by atoms with Crippen molar-refractivity contribution in [3.05, 3.63) is 21.9 Å². The van der Waals surface area contributed by atoms with E-state index in [2.05, 4.69) is 5.32 Å². The maximum Gasteiger partial charge on any atom is 0.217 e. The third-order valence-electron chi connectivity index (χ3n) is 2.01. The second-order valence-corrected chi connectivity index (χ2v) is 4.40. The van der Waals surface area contributed by atoms with Crippen LogP contribution in [0.1, 0.15) is 23.5 Å². The monoisotopic (exact) mass is 229 g/mol. The summed E-state index contributed by atoms with van der Waals surface area (Å²) in [6.07, 6.45) is -0.849. The second-order valence-electron chi connectivity index (χ2n) is 3.46. The SMILES string of the molecule is CC(=O)N[C@H](CO)[C@H](O)c1cc(C)cs1. The molecule has 0 radical (unpaired) electrons. The summed E-state index contributed by atoms with van der Waals surface area (Å²) in [6, 6.07) is 1.21. The molecule has 0 aliphatic rings. The molecule has 1 aromatic heterocycles. The summed E-state index contributed by atoms with van der Waals surface area (Å²) in [4.78, 5) is 11.6. The van der Waals surface area contributed by atoms with Gasteiger partial charge in [-0.2, -0.15) is 0 Å². The molecule has 0 fully saturated rings. The summed E-state index contributed by atoms with van der Waals surface area (Å²) < 4.78 is 0. The summed E-state index contributed by atoms with van der Waals surface area (Å²) in [5.74, 6) is -0.263. The van der Waals surface area contributed by atoms with Crippen LogP contribution >= 0.6 is 11.3 Å². The topological polar surface area (TPSA) is 69.6 Å². The maximum atomic E-state index is 10.8. The molecule has 1 heterocycles. The summed E-state index contributed by atoms with van der Waals surface area (Å²) in [5.41, 5.74) is 1.06. The molecule has 0 spiro atoms. The number of amides is 1. The molecule has 0 aliphatic carbocycles. The van der Waals surface area contributed by atoms with Gasteiger partial charge in [-0.05, 0) is 23.9 Å². The third-order valence-corrected chi connectivity index (χ3v) is 3.13. The first kappa shape index (κ1) is 12.2. The van der Waals surface area contributed by atoms with Crippen LogP contribution in [0.4, 0.5) is 0 Å². The average Bonchev–Trinajstić information content (AvgIpc) is 2.60. The van der Waals surface area contributed by atoms with Crippen molar-refractivity contribution in [1.82, 2.24) is 5.32 Å². The van der Waals surface area contributed by atoms with Gasteiger partial charge in [0.25, 0.3) is 0 Å². The minimum Gasteiger partial charge on any atom is -0.394 e. The van der Waals surface area contributed by atoms with E-state index in [1.54, 1.807) is 0 Å². The summed E-state index contributed by atoms with van der Waals surface area (Å²) in [7, 11) is 0. The zero-order valence-corrected chi connectivity index (χ0v) is 9.54. The van der Waals surface area contributed by atoms with Crippen molar-refractivity contribution < 1.29 is 15.0 Å². The smallest absolute Gasteiger partial charge is 0.217 e. The highest BCUT2D eigenvalue weighted by atomic mass is 32.1. The number of thiophene rings is 1. The molecule has 5 heteroatoms. The average molecular weight is 229 g/mol. The van der Waals surface area contributed by atoms with Crippen LogP contribution < -0.4 is 5.32 Å². The molecule has 1 aromatic rings. The van der Waals surface area contributed by atoms with Crippen LogP contribution in [0.25, 0.3) is 0 Å². The third kappa shape index (κ3) is 3.30. The van der Waals surface area contributed by atoms with Gasteiger partial charge in [-0.25, -0.2) is 0 Å². The zero-order chi connectivity index (χ0) is 11.4. The minimum absolute atomic E-state index is 0.263. The van der Waals surface area contributed by atoms with Crippen molar-refractivity contribution in [3.8, 4) is 0 Å². The molecule has 0 aliphatic heterocycles. The van der Waals surface area contributed by atoms with Crippen molar-refractivity contribution in [3.63, 3.8) is 0 Å². The van der Waals surface area contributed by atoms with E-state index in [1.807, 2.05) is 18.4 Å². The standard InChI is InChI=1S/C10H15NO3S/c1-6-3-9(15-5-6)10(14)8(4-12)11-7(2)13/h3,5,8,10,12,14H,4H2,1-2H3,(H,11,13)/t8-,10+/m1/s1. The number of nitrogens with one attached hydrogen (secondary N) is 1. The van der Waals surface area contributed by atoms with E-state index in [4.69, 9.17) is 5.11 Å². The number of carbonyl (C=O) groups is 1. The number of aliphatic hydroxyl groups is 2. The number of hydrogen-bond acceptors (Lipinski definition) is 4. The first-order chi connectivity index (χ1) is 7.04. The highest BCUT2D eigenvalue weighted by Crippen LogP contribution is 2.24. The summed E-state index contributed by atoms with van der Waals surface area (Å²) in [6.45, 7) is 3.01. The molecule has 0 saturated heterocycles. The van der Waals surface area contributed by atoms with E-state index in [9.17, 15) is 9.90 Å². The van der Waals surface area contributed by atoms with Crippen LogP contribution in [-0.4, -0.2) is 28.8 Å². The van der Waals surface area contributed by atoms with Gasteiger partial charge in [-0.15, -0.1) is 11.3 Å². The Morgan fingerprint density at radius 1 is 1.67 bits per heavy atom. The fourth-order valence-electron chi connectivity index (χ4n) is 1.29. The Balaban J connectivity index is 2.72. The first-order valence-electron chi connectivity index (χ1n) is 4.65. The normalized spacial score (nSPS) is 14.7. The van der Waals surface area contributed by atoms with E-state index in [-0.39, 0.29) is 12.5 Å². The molecule has 15 heavy (non-hydrogen) atoms. The molecule has 1 rings (SSSR count). The van der Waals surface area contributed by atoms with Gasteiger partial charge in [-0.3, -0.25) is 4.79 Å². The van der Waals surface area contributed by atoms with Crippen LogP contribution in [0, 0.1) is 6.92 Å². The lowest BCUT2D eigenvalue weighted by Crippen LogP contribution is -2.40. The molecule has 1 amide bonds. The molecule has 84 valence electrons. The van der Waals surface area contributed by atoms with Gasteiger partial charge in [-0.1, -0.05) is 0 Å². The lowest BCUT2D eigenvalue weighted by atomic mass is 10.1. The molecule has 2 atom stereocenters. The highest BCUT2D eigenvalue weighted by Gasteiger charge is 2.21. The van der Waals surface area contributed by atoms with Crippen molar-refractivity contribution in [1.29, 1.82) is 0 Å². The number of rotatable bonds is 4. The van der Waals surface area contributed by atoms with Gasteiger partial charge in [0, 0.05) is 11.8 Å². The fourth-order valence-corrected chi connectivity index (χ4v) is 2.24. The zero-order valence-electron chi connectivity index (χ0n) is 8.73. The Hall–Kier alpha value is -0.910. The summed E-state index contributed by atoms with van der Waals surface area (Å²) in [5, 5.41) is 23.3. The van der Waals surface area contributed by atoms with E-state index in [0.717, 1.165) is 10.4 Å². The van der Waals surface area contributed by atoms with Crippen LogP contribution in [0.5, 0.6) is 0 Å². The minimum atomic E-state index is -0.849. The van der Waals surface area contributed by atoms with Crippen molar-refractivity contribution in [2.75, 3.05) is 6.61 Å². The van der Waals surface area contributed by atoms with Gasteiger partial charge >= 0.3 is 0 Å². The first-order valence-corrected chi connectivity index (χ1v) is 5.53. The largest absolute Gasteiger partial charge is 0.394 e. The predicted octanol–water partition coefficient (Wildman–Crippen LogP) is 0.587.